The molecule has 0 unspecified atom stereocenters. The number of hydrogen-bond donors (Lipinski definition) is 1. The summed E-state index contributed by atoms with van der Waals surface area (Å²) in [4.78, 5) is 27.7. The number of nitrogens with zero attached hydrogens (tertiary/aromatic N) is 3. The van der Waals surface area contributed by atoms with Gasteiger partial charge in [-0.25, -0.2) is 0 Å². The highest BCUT2D eigenvalue weighted by molar-refractivity contribution is 7.99. The lowest BCUT2D eigenvalue weighted by molar-refractivity contribution is 0.0879. The number of nitrogens with one attached hydrogen (secondary N) is 1. The first kappa shape index (κ1) is 13.2. The van der Waals surface area contributed by atoms with Crippen molar-refractivity contribution < 1.29 is 9.59 Å². The zero-order valence-corrected chi connectivity index (χ0v) is 11.4. The number of hydrogen-bond acceptors (Lipinski definition) is 4. The number of carbonyl (C=O) groups is 2. The Morgan fingerprint density at radius 1 is 1.00 bits per heavy atom. The molecule has 0 aromatic heterocycles. The molecule has 6 nitrogen and oxygen atoms in total. The molecule has 1 aliphatic heterocycles. The average Bonchev–Trinajstić information content (AvgIpc) is 2.77. The minimum Gasteiger partial charge on any atom is -0.288 e. The second-order valence-corrected chi connectivity index (χ2v) is 5.30. The molecular formula is C14H8N4O2S. The minimum atomic E-state index is -0.403. The van der Waals surface area contributed by atoms with Gasteiger partial charge in [-0.2, -0.15) is 0 Å². The number of carbonyl (C=O) groups excluding carboxylic acids is 2. The summed E-state index contributed by atoms with van der Waals surface area (Å²) in [5, 5.41) is 5.90. The molecule has 0 saturated heterocycles. The molecule has 2 aromatic rings. The van der Waals surface area contributed by atoms with Crippen LogP contribution in [0.5, 0.6) is 0 Å². The van der Waals surface area contributed by atoms with Crippen LogP contribution in [0.15, 0.2) is 57.4 Å². The van der Waals surface area contributed by atoms with Gasteiger partial charge in [-0.05, 0) is 23.7 Å². The molecule has 1 aliphatic rings. The van der Waals surface area contributed by atoms with Crippen molar-refractivity contribution in [3.05, 3.63) is 64.0 Å². The Bertz CT molecular complexity index is 812. The lowest BCUT2D eigenvalue weighted by atomic mass is 10.1. The summed E-state index contributed by atoms with van der Waals surface area (Å²) in [7, 11) is 0. The van der Waals surface area contributed by atoms with Crippen molar-refractivity contribution >= 4 is 29.3 Å². The SMILES string of the molecule is [N-]=[N+]=Nc1ccccc1Sc1cccc2c1C(=O)NC2=O. The van der Waals surface area contributed by atoms with Crippen LogP contribution in [0.3, 0.4) is 0 Å². The third-order valence-corrected chi connectivity index (χ3v) is 4.09. The number of amides is 2. The topological polar surface area (TPSA) is 94.9 Å². The molecule has 0 fully saturated rings. The van der Waals surface area contributed by atoms with Crippen molar-refractivity contribution in [1.82, 2.24) is 5.32 Å². The molecule has 2 aromatic carbocycles. The van der Waals surface area contributed by atoms with Crippen LogP contribution in [0.2, 0.25) is 0 Å². The zero-order valence-electron chi connectivity index (χ0n) is 10.6. The highest BCUT2D eigenvalue weighted by Gasteiger charge is 2.29. The predicted octanol–water partition coefficient (Wildman–Crippen LogP) is 3.66. The van der Waals surface area contributed by atoms with Gasteiger partial charge in [0.1, 0.15) is 0 Å². The molecule has 1 N–H and O–H groups in total. The molecule has 0 bridgehead atoms. The standard InChI is InChI=1S/C14H8N4O2S/c15-18-17-9-5-1-2-6-10(9)21-11-7-3-4-8-12(11)14(20)16-13(8)19/h1-7H,(H,16,19,20). The first-order valence-corrected chi connectivity index (χ1v) is 6.83. The van der Waals surface area contributed by atoms with E-state index in [1.54, 1.807) is 36.4 Å². The lowest BCUT2D eigenvalue weighted by Gasteiger charge is -2.07. The van der Waals surface area contributed by atoms with Crippen LogP contribution < -0.4 is 5.32 Å². The quantitative estimate of drug-likeness (QED) is 0.405. The lowest BCUT2D eigenvalue weighted by Crippen LogP contribution is -2.20. The number of benzene rings is 2. The molecule has 0 spiro atoms. The van der Waals surface area contributed by atoms with E-state index in [9.17, 15) is 9.59 Å². The van der Waals surface area contributed by atoms with Crippen molar-refractivity contribution in [2.24, 2.45) is 5.11 Å². The van der Waals surface area contributed by atoms with Crippen molar-refractivity contribution in [2.45, 2.75) is 9.79 Å². The largest absolute Gasteiger partial charge is 0.288 e. The smallest absolute Gasteiger partial charge is 0.260 e. The molecule has 3 rings (SSSR count). The van der Waals surface area contributed by atoms with Gasteiger partial charge in [0.25, 0.3) is 11.8 Å². The zero-order chi connectivity index (χ0) is 14.8. The van der Waals surface area contributed by atoms with Crippen molar-refractivity contribution in [3.8, 4) is 0 Å². The van der Waals surface area contributed by atoms with E-state index in [2.05, 4.69) is 15.3 Å². The van der Waals surface area contributed by atoms with Crippen LogP contribution >= 0.6 is 11.8 Å². The van der Waals surface area contributed by atoms with Gasteiger partial charge in [-0.1, -0.05) is 41.1 Å². The molecule has 0 aliphatic carbocycles. The summed E-state index contributed by atoms with van der Waals surface area (Å²) in [6, 6.07) is 12.1. The first-order valence-electron chi connectivity index (χ1n) is 6.01. The van der Waals surface area contributed by atoms with E-state index < -0.39 is 5.91 Å². The van der Waals surface area contributed by atoms with Gasteiger partial charge in [0.05, 0.1) is 16.8 Å². The van der Waals surface area contributed by atoms with E-state index in [0.29, 0.717) is 21.7 Å². The molecule has 0 radical (unpaired) electrons. The average molecular weight is 296 g/mol. The van der Waals surface area contributed by atoms with Gasteiger partial charge >= 0.3 is 0 Å². The third-order valence-electron chi connectivity index (χ3n) is 2.96. The van der Waals surface area contributed by atoms with E-state index in [1.165, 1.54) is 11.8 Å². The van der Waals surface area contributed by atoms with E-state index in [0.717, 1.165) is 4.90 Å². The third kappa shape index (κ3) is 2.35. The predicted molar refractivity (Wildman–Crippen MR) is 77.6 cm³/mol. The Kier molecular flexibility index (Phi) is 3.35. The Balaban J connectivity index is 2.07. The number of azide groups is 1. The fourth-order valence-corrected chi connectivity index (χ4v) is 3.11. The van der Waals surface area contributed by atoms with E-state index in [4.69, 9.17) is 5.53 Å². The van der Waals surface area contributed by atoms with Crippen molar-refractivity contribution in [1.29, 1.82) is 0 Å². The summed E-state index contributed by atoms with van der Waals surface area (Å²) >= 11 is 1.29. The van der Waals surface area contributed by atoms with E-state index in [1.807, 2.05) is 6.07 Å². The van der Waals surface area contributed by atoms with Crippen LogP contribution in [0.1, 0.15) is 20.7 Å². The molecule has 2 amide bonds. The van der Waals surface area contributed by atoms with Crippen LogP contribution in [0.4, 0.5) is 5.69 Å². The van der Waals surface area contributed by atoms with Gasteiger partial charge in [-0.15, -0.1) is 0 Å². The summed E-state index contributed by atoms with van der Waals surface area (Å²) in [6.07, 6.45) is 0. The summed E-state index contributed by atoms with van der Waals surface area (Å²) in [5.74, 6) is -0.792. The Morgan fingerprint density at radius 2 is 1.76 bits per heavy atom. The Hall–Kier alpha value is -2.76. The molecule has 21 heavy (non-hydrogen) atoms. The van der Waals surface area contributed by atoms with Crippen LogP contribution in [0.25, 0.3) is 10.4 Å². The molecular weight excluding hydrogens is 288 g/mol. The monoisotopic (exact) mass is 296 g/mol. The molecule has 0 atom stereocenters. The number of imide groups is 1. The fraction of sp³-hybridized carbons (Fsp3) is 0. The molecule has 102 valence electrons. The minimum absolute atomic E-state index is 0.364. The van der Waals surface area contributed by atoms with Gasteiger partial charge in [0.15, 0.2) is 0 Å². The highest BCUT2D eigenvalue weighted by Crippen LogP contribution is 2.38. The maximum atomic E-state index is 11.9. The molecule has 1 heterocycles. The van der Waals surface area contributed by atoms with Gasteiger partial charge < -0.3 is 0 Å². The maximum Gasteiger partial charge on any atom is 0.260 e. The van der Waals surface area contributed by atoms with E-state index in [-0.39, 0.29) is 5.91 Å². The Labute approximate surface area is 123 Å². The number of rotatable bonds is 3. The molecule has 7 heteroatoms. The van der Waals surface area contributed by atoms with Crippen molar-refractivity contribution in [2.75, 3.05) is 0 Å². The van der Waals surface area contributed by atoms with Crippen LogP contribution in [-0.2, 0) is 0 Å². The second-order valence-electron chi connectivity index (χ2n) is 4.22. The number of fused-ring (bicyclic) bond motifs is 1. The second kappa shape index (κ2) is 5.32. The van der Waals surface area contributed by atoms with E-state index >= 15 is 0 Å². The molecule has 0 saturated carbocycles. The van der Waals surface area contributed by atoms with Crippen LogP contribution in [-0.4, -0.2) is 11.8 Å². The Morgan fingerprint density at radius 3 is 2.57 bits per heavy atom. The first-order chi connectivity index (χ1) is 10.2. The maximum absolute atomic E-state index is 11.9. The normalized spacial score (nSPS) is 12.6. The summed E-state index contributed by atoms with van der Waals surface area (Å²) in [5.41, 5.74) is 9.79. The van der Waals surface area contributed by atoms with Crippen molar-refractivity contribution in [3.63, 3.8) is 0 Å². The van der Waals surface area contributed by atoms with Gasteiger partial charge in [0.2, 0.25) is 0 Å². The van der Waals surface area contributed by atoms with Gasteiger partial charge in [-0.3, -0.25) is 14.9 Å². The van der Waals surface area contributed by atoms with Gasteiger partial charge in [0, 0.05) is 14.7 Å². The van der Waals surface area contributed by atoms with Crippen LogP contribution in [0, 0.1) is 0 Å². The fourth-order valence-electron chi connectivity index (χ4n) is 2.07. The highest BCUT2D eigenvalue weighted by atomic mass is 32.2. The summed E-state index contributed by atoms with van der Waals surface area (Å²) < 4.78 is 0. The summed E-state index contributed by atoms with van der Waals surface area (Å²) in [6.45, 7) is 0.